The highest BCUT2D eigenvalue weighted by Crippen LogP contribution is 1.99. The van der Waals surface area contributed by atoms with Gasteiger partial charge in [-0.1, -0.05) is 0 Å². The maximum Gasteiger partial charge on any atom is 0.322 e. The minimum Gasteiger partial charge on any atom is -0.480 e. The maximum absolute atomic E-state index is 11.7. The Hall–Kier alpha value is -1.81. The van der Waals surface area contributed by atoms with E-state index in [-0.39, 0.29) is 6.54 Å². The van der Waals surface area contributed by atoms with E-state index < -0.39 is 42.3 Å². The van der Waals surface area contributed by atoms with Crippen molar-refractivity contribution >= 4 is 35.5 Å². The van der Waals surface area contributed by atoms with Gasteiger partial charge in [0.1, 0.15) is 12.6 Å². The molecule has 0 heterocycles. The van der Waals surface area contributed by atoms with Gasteiger partial charge in [0, 0.05) is 0 Å². The first-order chi connectivity index (χ1) is 10.3. The Labute approximate surface area is 132 Å². The van der Waals surface area contributed by atoms with Crippen molar-refractivity contribution in [3.8, 4) is 0 Å². The fraction of sp³-hybridized carbons (Fsp3) is 0.667. The molecule has 6 N–H and O–H groups in total. The van der Waals surface area contributed by atoms with E-state index in [4.69, 9.17) is 10.8 Å². The summed E-state index contributed by atoms with van der Waals surface area (Å²) in [5.74, 6) is -2.08. The summed E-state index contributed by atoms with van der Waals surface area (Å²) in [7, 11) is 0. The number of carboxylic acid groups (broad SMARTS) is 1. The van der Waals surface area contributed by atoms with Crippen LogP contribution in [0.2, 0.25) is 0 Å². The van der Waals surface area contributed by atoms with E-state index in [0.717, 1.165) is 5.75 Å². The van der Waals surface area contributed by atoms with Gasteiger partial charge in [-0.25, -0.2) is 0 Å². The zero-order valence-corrected chi connectivity index (χ0v) is 13.4. The number of aliphatic carboxylic acids is 1. The molecule has 0 aromatic carbocycles. The monoisotopic (exact) mass is 334 g/mol. The second-order valence-electron chi connectivity index (χ2n) is 4.51. The number of nitrogens with one attached hydrogen (secondary N) is 3. The van der Waals surface area contributed by atoms with E-state index in [2.05, 4.69) is 16.0 Å². The Morgan fingerprint density at radius 1 is 1.14 bits per heavy atom. The number of rotatable bonds is 10. The van der Waals surface area contributed by atoms with Crippen LogP contribution in [0.5, 0.6) is 0 Å². The summed E-state index contributed by atoms with van der Waals surface area (Å²) < 4.78 is 0. The lowest BCUT2D eigenvalue weighted by atomic mass is 10.2. The van der Waals surface area contributed by atoms with Crippen molar-refractivity contribution < 1.29 is 24.3 Å². The minimum atomic E-state index is -1.18. The molecule has 0 bridgehead atoms. The lowest BCUT2D eigenvalue weighted by Gasteiger charge is -2.17. The first kappa shape index (κ1) is 20.2. The van der Waals surface area contributed by atoms with Crippen molar-refractivity contribution in [2.45, 2.75) is 25.4 Å². The molecule has 0 aromatic rings. The summed E-state index contributed by atoms with van der Waals surface area (Å²) in [6.07, 6.45) is 2.40. The SMILES string of the molecule is CSCCC(N)C(=O)NC(C)C(=O)NCC(=O)NCC(=O)O. The molecule has 0 saturated carbocycles. The molecule has 0 aliphatic heterocycles. The average molecular weight is 334 g/mol. The van der Waals surface area contributed by atoms with Crippen LogP contribution >= 0.6 is 11.8 Å². The number of carbonyl (C=O) groups excluding carboxylic acids is 3. The van der Waals surface area contributed by atoms with Crippen LogP contribution in [0.25, 0.3) is 0 Å². The van der Waals surface area contributed by atoms with Gasteiger partial charge in [0.05, 0.1) is 12.6 Å². The van der Waals surface area contributed by atoms with Crippen molar-refractivity contribution in [1.29, 1.82) is 0 Å². The lowest BCUT2D eigenvalue weighted by Crippen LogP contribution is -2.51. The van der Waals surface area contributed by atoms with Crippen LogP contribution in [0.3, 0.4) is 0 Å². The minimum absolute atomic E-state index is 0.370. The van der Waals surface area contributed by atoms with Crippen LogP contribution in [-0.2, 0) is 19.2 Å². The summed E-state index contributed by atoms with van der Waals surface area (Å²) in [6.45, 7) is 0.569. The molecule has 0 aromatic heterocycles. The quantitative estimate of drug-likeness (QED) is 0.307. The molecular formula is C12H22N4O5S. The molecule has 0 aliphatic carbocycles. The van der Waals surface area contributed by atoms with Gasteiger partial charge < -0.3 is 26.8 Å². The van der Waals surface area contributed by atoms with Crippen molar-refractivity contribution in [3.63, 3.8) is 0 Å². The fourth-order valence-corrected chi connectivity index (χ4v) is 1.81. The molecule has 10 heteroatoms. The number of amides is 3. The molecular weight excluding hydrogens is 312 g/mol. The van der Waals surface area contributed by atoms with Crippen LogP contribution in [-0.4, -0.2) is 66.0 Å². The zero-order chi connectivity index (χ0) is 17.1. The Bertz CT molecular complexity index is 418. The first-order valence-electron chi connectivity index (χ1n) is 6.59. The normalized spacial score (nSPS) is 12.9. The average Bonchev–Trinajstić information content (AvgIpc) is 2.47. The number of carboxylic acids is 1. The number of hydrogen-bond donors (Lipinski definition) is 5. The largest absolute Gasteiger partial charge is 0.480 e. The number of carbonyl (C=O) groups is 4. The van der Waals surface area contributed by atoms with Gasteiger partial charge in [-0.2, -0.15) is 11.8 Å². The standard InChI is InChI=1S/C12H22N4O5S/c1-7(16-12(21)8(13)3-4-22-2)11(20)15-5-9(17)14-6-10(18)19/h7-8H,3-6,13H2,1-2H3,(H,14,17)(H,15,20)(H,16,21)(H,18,19). The van der Waals surface area contributed by atoms with Gasteiger partial charge in [-0.3, -0.25) is 19.2 Å². The second kappa shape index (κ2) is 10.9. The predicted molar refractivity (Wildman–Crippen MR) is 82.2 cm³/mol. The first-order valence-corrected chi connectivity index (χ1v) is 7.98. The van der Waals surface area contributed by atoms with Gasteiger partial charge in [-0.15, -0.1) is 0 Å². The van der Waals surface area contributed by atoms with Crippen molar-refractivity contribution in [2.24, 2.45) is 5.73 Å². The molecule has 0 saturated heterocycles. The molecule has 2 atom stereocenters. The highest BCUT2D eigenvalue weighted by Gasteiger charge is 2.20. The van der Waals surface area contributed by atoms with Crippen molar-refractivity contribution in [1.82, 2.24) is 16.0 Å². The van der Waals surface area contributed by atoms with Crippen LogP contribution in [0, 0.1) is 0 Å². The van der Waals surface area contributed by atoms with E-state index in [0.29, 0.717) is 6.42 Å². The Morgan fingerprint density at radius 2 is 1.77 bits per heavy atom. The molecule has 126 valence electrons. The summed E-state index contributed by atoms with van der Waals surface area (Å²) in [5.41, 5.74) is 5.66. The Morgan fingerprint density at radius 3 is 2.32 bits per heavy atom. The predicted octanol–water partition coefficient (Wildman–Crippen LogP) is -2.11. The molecule has 22 heavy (non-hydrogen) atoms. The number of thioether (sulfide) groups is 1. The van der Waals surface area contributed by atoms with E-state index in [1.165, 1.54) is 6.92 Å². The van der Waals surface area contributed by atoms with E-state index in [9.17, 15) is 19.2 Å². The summed E-state index contributed by atoms with van der Waals surface area (Å²) in [6, 6.07) is -1.54. The molecule has 0 rings (SSSR count). The van der Waals surface area contributed by atoms with Crippen molar-refractivity contribution in [3.05, 3.63) is 0 Å². The van der Waals surface area contributed by atoms with Gasteiger partial charge in [0.25, 0.3) is 0 Å². The molecule has 9 nitrogen and oxygen atoms in total. The third-order valence-corrected chi connectivity index (χ3v) is 3.23. The number of hydrogen-bond acceptors (Lipinski definition) is 6. The van der Waals surface area contributed by atoms with Gasteiger partial charge in [0.15, 0.2) is 0 Å². The van der Waals surface area contributed by atoms with Crippen LogP contribution in [0.1, 0.15) is 13.3 Å². The summed E-state index contributed by atoms with van der Waals surface area (Å²) in [5, 5.41) is 15.2. The van der Waals surface area contributed by atoms with Crippen LogP contribution < -0.4 is 21.7 Å². The Balaban J connectivity index is 4.08. The highest BCUT2D eigenvalue weighted by atomic mass is 32.2. The molecule has 0 fully saturated rings. The smallest absolute Gasteiger partial charge is 0.322 e. The Kier molecular flexibility index (Phi) is 9.96. The third kappa shape index (κ3) is 9.19. The summed E-state index contributed by atoms with van der Waals surface area (Å²) >= 11 is 1.56. The molecule has 0 spiro atoms. The van der Waals surface area contributed by atoms with E-state index in [1.807, 2.05) is 6.26 Å². The molecule has 2 unspecified atom stereocenters. The van der Waals surface area contributed by atoms with Gasteiger partial charge in [-0.05, 0) is 25.4 Å². The molecule has 0 aliphatic rings. The van der Waals surface area contributed by atoms with Gasteiger partial charge in [0.2, 0.25) is 17.7 Å². The van der Waals surface area contributed by atoms with Crippen molar-refractivity contribution in [2.75, 3.05) is 25.1 Å². The number of nitrogens with two attached hydrogens (primary N) is 1. The highest BCUT2D eigenvalue weighted by molar-refractivity contribution is 7.98. The van der Waals surface area contributed by atoms with E-state index >= 15 is 0 Å². The second-order valence-corrected chi connectivity index (χ2v) is 5.49. The molecule has 3 amide bonds. The zero-order valence-electron chi connectivity index (χ0n) is 12.5. The maximum atomic E-state index is 11.7. The van der Waals surface area contributed by atoms with Gasteiger partial charge >= 0.3 is 5.97 Å². The third-order valence-electron chi connectivity index (χ3n) is 2.58. The molecule has 0 radical (unpaired) electrons. The lowest BCUT2D eigenvalue weighted by molar-refractivity contribution is -0.138. The summed E-state index contributed by atoms with van der Waals surface area (Å²) in [4.78, 5) is 44.9. The van der Waals surface area contributed by atoms with E-state index in [1.54, 1.807) is 11.8 Å². The van der Waals surface area contributed by atoms with Crippen LogP contribution in [0.4, 0.5) is 0 Å². The van der Waals surface area contributed by atoms with Crippen LogP contribution in [0.15, 0.2) is 0 Å². The topological polar surface area (TPSA) is 151 Å². The fourth-order valence-electron chi connectivity index (χ4n) is 1.32.